The number of rotatable bonds is 3. The Morgan fingerprint density at radius 1 is 1.41 bits per heavy atom. The fraction of sp³-hybridized carbons (Fsp3) is 0.667. The molecular weight excluding hydrogens is 260 g/mol. The highest BCUT2D eigenvalue weighted by Gasteiger charge is 2.23. The third-order valence-corrected chi connectivity index (χ3v) is 4.65. The van der Waals surface area contributed by atoms with Crippen LogP contribution in [0.5, 0.6) is 0 Å². The molecule has 8 heteroatoms. The summed E-state index contributed by atoms with van der Waals surface area (Å²) in [5.41, 5.74) is 1.05. The fourth-order valence-corrected chi connectivity index (χ4v) is 3.13. The number of nitrogens with two attached hydrogens (primary N) is 1. The third kappa shape index (κ3) is 3.46. The van der Waals surface area contributed by atoms with Crippen molar-refractivity contribution in [3.8, 4) is 0 Å². The summed E-state index contributed by atoms with van der Waals surface area (Å²) >= 11 is 1.63. The first-order chi connectivity index (χ1) is 7.95. The summed E-state index contributed by atoms with van der Waals surface area (Å²) in [6.45, 7) is 5.08. The highest BCUT2D eigenvalue weighted by atomic mass is 32.2. The summed E-state index contributed by atoms with van der Waals surface area (Å²) in [6.07, 6.45) is 0. The van der Waals surface area contributed by atoms with E-state index in [9.17, 15) is 8.42 Å². The van der Waals surface area contributed by atoms with E-state index in [2.05, 4.69) is 9.88 Å². The van der Waals surface area contributed by atoms with Crippen molar-refractivity contribution in [1.82, 2.24) is 14.2 Å². The largest absolute Gasteiger partial charge is 0.295 e. The molecule has 1 fully saturated rings. The molecule has 6 nitrogen and oxygen atoms in total. The monoisotopic (exact) mass is 276 g/mol. The smallest absolute Gasteiger partial charge is 0.276 e. The molecule has 1 aliphatic heterocycles. The van der Waals surface area contributed by atoms with Crippen LogP contribution >= 0.6 is 11.3 Å². The lowest BCUT2D eigenvalue weighted by Crippen LogP contribution is -2.50. The average Bonchev–Trinajstić information content (AvgIpc) is 2.63. The zero-order valence-electron chi connectivity index (χ0n) is 9.66. The Labute approximate surface area is 105 Å². The predicted octanol–water partition coefficient (Wildman–Crippen LogP) is -0.227. The Kier molecular flexibility index (Phi) is 3.79. The molecule has 1 aromatic rings. The second-order valence-corrected chi connectivity index (χ2v) is 6.69. The first-order valence-electron chi connectivity index (χ1n) is 5.36. The molecule has 0 aliphatic carbocycles. The van der Waals surface area contributed by atoms with Gasteiger partial charge in [-0.15, -0.1) is 11.3 Å². The fourth-order valence-electron chi connectivity index (χ4n) is 1.85. The van der Waals surface area contributed by atoms with Crippen molar-refractivity contribution in [2.75, 3.05) is 26.2 Å². The van der Waals surface area contributed by atoms with Gasteiger partial charge in [-0.2, -0.15) is 12.7 Å². The van der Waals surface area contributed by atoms with E-state index in [0.29, 0.717) is 26.2 Å². The lowest BCUT2D eigenvalue weighted by Gasteiger charge is -2.32. The van der Waals surface area contributed by atoms with Crippen LogP contribution in [0.1, 0.15) is 10.7 Å². The zero-order valence-corrected chi connectivity index (χ0v) is 11.3. The van der Waals surface area contributed by atoms with Crippen LogP contribution in [-0.4, -0.2) is 48.8 Å². The number of aromatic nitrogens is 1. The van der Waals surface area contributed by atoms with Gasteiger partial charge in [0.15, 0.2) is 0 Å². The number of thiazole rings is 1. The highest BCUT2D eigenvalue weighted by molar-refractivity contribution is 7.86. The first kappa shape index (κ1) is 12.9. The van der Waals surface area contributed by atoms with Gasteiger partial charge in [0.2, 0.25) is 0 Å². The molecule has 0 radical (unpaired) electrons. The van der Waals surface area contributed by atoms with Gasteiger partial charge in [-0.1, -0.05) is 0 Å². The Morgan fingerprint density at radius 3 is 2.53 bits per heavy atom. The number of nitrogens with zero attached hydrogens (tertiary/aromatic N) is 3. The lowest BCUT2D eigenvalue weighted by atomic mass is 10.3. The van der Waals surface area contributed by atoms with E-state index in [0.717, 1.165) is 17.2 Å². The SMILES string of the molecule is Cc1nc(CN2CCN(S(N)(=O)=O)CC2)cs1. The van der Waals surface area contributed by atoms with E-state index in [-0.39, 0.29) is 0 Å². The van der Waals surface area contributed by atoms with E-state index >= 15 is 0 Å². The van der Waals surface area contributed by atoms with Gasteiger partial charge in [-0.05, 0) is 6.92 Å². The standard InChI is InChI=1S/C9H16N4O2S2/c1-8-11-9(7-16-8)6-12-2-4-13(5-3-12)17(10,14)15/h7H,2-6H2,1H3,(H2,10,14,15). The summed E-state index contributed by atoms with van der Waals surface area (Å²) in [5, 5.41) is 8.18. The summed E-state index contributed by atoms with van der Waals surface area (Å²) < 4.78 is 23.6. The molecule has 1 aliphatic rings. The van der Waals surface area contributed by atoms with Crippen LogP contribution in [0.2, 0.25) is 0 Å². The number of aryl methyl sites for hydroxylation is 1. The van der Waals surface area contributed by atoms with Crippen LogP contribution < -0.4 is 5.14 Å². The van der Waals surface area contributed by atoms with Crippen molar-refractivity contribution >= 4 is 21.5 Å². The van der Waals surface area contributed by atoms with E-state index in [1.165, 1.54) is 4.31 Å². The van der Waals surface area contributed by atoms with Crippen LogP contribution in [0.25, 0.3) is 0 Å². The molecule has 2 N–H and O–H groups in total. The maximum absolute atomic E-state index is 11.1. The lowest BCUT2D eigenvalue weighted by molar-refractivity contribution is 0.180. The molecule has 2 heterocycles. The molecule has 2 rings (SSSR count). The molecule has 0 aromatic carbocycles. The molecule has 96 valence electrons. The molecule has 0 atom stereocenters. The minimum atomic E-state index is -3.52. The Balaban J connectivity index is 1.87. The van der Waals surface area contributed by atoms with Crippen molar-refractivity contribution in [1.29, 1.82) is 0 Å². The Hall–Kier alpha value is -0.540. The first-order valence-corrected chi connectivity index (χ1v) is 7.74. The summed E-state index contributed by atoms with van der Waals surface area (Å²) in [7, 11) is -3.52. The Morgan fingerprint density at radius 2 is 2.06 bits per heavy atom. The average molecular weight is 276 g/mol. The van der Waals surface area contributed by atoms with E-state index in [1.807, 2.05) is 12.3 Å². The quantitative estimate of drug-likeness (QED) is 0.827. The minimum absolute atomic E-state index is 0.460. The second-order valence-electron chi connectivity index (χ2n) is 4.08. The van der Waals surface area contributed by atoms with Gasteiger partial charge in [0.25, 0.3) is 10.2 Å². The molecular formula is C9H16N4O2S2. The van der Waals surface area contributed by atoms with Crippen molar-refractivity contribution < 1.29 is 8.42 Å². The van der Waals surface area contributed by atoms with Crippen LogP contribution in [0.15, 0.2) is 5.38 Å². The van der Waals surface area contributed by atoms with Gasteiger partial charge < -0.3 is 0 Å². The van der Waals surface area contributed by atoms with Gasteiger partial charge in [-0.3, -0.25) is 4.90 Å². The van der Waals surface area contributed by atoms with Crippen molar-refractivity contribution in [2.24, 2.45) is 5.14 Å². The molecule has 1 saturated heterocycles. The number of hydrogen-bond donors (Lipinski definition) is 1. The van der Waals surface area contributed by atoms with Crippen LogP contribution in [0, 0.1) is 6.92 Å². The van der Waals surface area contributed by atoms with Gasteiger partial charge in [0.1, 0.15) is 0 Å². The topological polar surface area (TPSA) is 79.5 Å². The summed E-state index contributed by atoms with van der Waals surface area (Å²) in [5.74, 6) is 0. The van der Waals surface area contributed by atoms with Crippen molar-refractivity contribution in [2.45, 2.75) is 13.5 Å². The normalized spacial score (nSPS) is 19.6. The molecule has 17 heavy (non-hydrogen) atoms. The van der Waals surface area contributed by atoms with Crippen molar-refractivity contribution in [3.63, 3.8) is 0 Å². The maximum atomic E-state index is 11.1. The van der Waals surface area contributed by atoms with Crippen LogP contribution in [-0.2, 0) is 16.8 Å². The predicted molar refractivity (Wildman–Crippen MR) is 66.8 cm³/mol. The zero-order chi connectivity index (χ0) is 12.5. The van der Waals surface area contributed by atoms with Gasteiger partial charge >= 0.3 is 0 Å². The molecule has 0 spiro atoms. The molecule has 1 aromatic heterocycles. The minimum Gasteiger partial charge on any atom is -0.295 e. The van der Waals surface area contributed by atoms with Crippen LogP contribution in [0.4, 0.5) is 0 Å². The van der Waals surface area contributed by atoms with E-state index in [1.54, 1.807) is 11.3 Å². The molecule has 0 amide bonds. The van der Waals surface area contributed by atoms with Gasteiger partial charge in [0, 0.05) is 38.1 Å². The van der Waals surface area contributed by atoms with E-state index in [4.69, 9.17) is 5.14 Å². The molecule has 0 bridgehead atoms. The number of hydrogen-bond acceptors (Lipinski definition) is 5. The van der Waals surface area contributed by atoms with Gasteiger partial charge in [0.05, 0.1) is 10.7 Å². The van der Waals surface area contributed by atoms with E-state index < -0.39 is 10.2 Å². The van der Waals surface area contributed by atoms with Crippen LogP contribution in [0.3, 0.4) is 0 Å². The summed E-state index contributed by atoms with van der Waals surface area (Å²) in [4.78, 5) is 6.58. The number of piperazine rings is 1. The third-order valence-electron chi connectivity index (χ3n) is 2.74. The Bertz CT molecular complexity index is 477. The second kappa shape index (κ2) is 4.99. The highest BCUT2D eigenvalue weighted by Crippen LogP contribution is 2.12. The van der Waals surface area contributed by atoms with Gasteiger partial charge in [-0.25, -0.2) is 10.1 Å². The summed E-state index contributed by atoms with van der Waals surface area (Å²) in [6, 6.07) is 0. The maximum Gasteiger partial charge on any atom is 0.276 e. The van der Waals surface area contributed by atoms with Crippen molar-refractivity contribution in [3.05, 3.63) is 16.1 Å². The molecule has 0 unspecified atom stereocenters. The molecule has 0 saturated carbocycles.